The fourth-order valence-corrected chi connectivity index (χ4v) is 2.94. The molecule has 0 bridgehead atoms. The van der Waals surface area contributed by atoms with Gasteiger partial charge in [-0.1, -0.05) is 12.1 Å². The summed E-state index contributed by atoms with van der Waals surface area (Å²) in [5.41, 5.74) is 3.81. The Hall–Kier alpha value is -2.23. The van der Waals surface area contributed by atoms with Crippen LogP contribution in [0.15, 0.2) is 29.1 Å². The summed E-state index contributed by atoms with van der Waals surface area (Å²) >= 11 is 0. The molecule has 0 unspecified atom stereocenters. The number of rotatable bonds is 3. The molecule has 0 spiro atoms. The fraction of sp³-hybridized carbons (Fsp3) is 0.353. The van der Waals surface area contributed by atoms with Crippen molar-refractivity contribution in [3.63, 3.8) is 0 Å². The van der Waals surface area contributed by atoms with Gasteiger partial charge in [0.05, 0.1) is 6.54 Å². The predicted octanol–water partition coefficient (Wildman–Crippen LogP) is 2.23. The van der Waals surface area contributed by atoms with Gasteiger partial charge in [0.25, 0.3) is 5.56 Å². The molecule has 4 heteroatoms. The molecule has 1 heterocycles. The van der Waals surface area contributed by atoms with Crippen molar-refractivity contribution in [2.24, 2.45) is 0 Å². The van der Waals surface area contributed by atoms with E-state index in [1.54, 1.807) is 13.8 Å². The second-order valence-electron chi connectivity index (χ2n) is 5.63. The van der Waals surface area contributed by atoms with Crippen LogP contribution in [0.25, 0.3) is 0 Å². The Morgan fingerprint density at radius 2 is 1.95 bits per heavy atom. The number of carbonyl (C=O) groups is 1. The number of Topliss-reactive ketones (excluding diaryl/α,β-unsaturated/α-hetero) is 1. The summed E-state index contributed by atoms with van der Waals surface area (Å²) in [5.74, 6) is 0.537. The quantitative estimate of drug-likeness (QED) is 0.811. The standard InChI is InChI=1S/C17H18N2O2/c1-11-8-17(21)19(12(2)18-11)10-16(20)15-7-6-13-4-3-5-14(13)9-15/h6-9H,3-5,10H2,1-2H3. The highest BCUT2D eigenvalue weighted by Gasteiger charge is 2.15. The summed E-state index contributed by atoms with van der Waals surface area (Å²) in [6.07, 6.45) is 3.30. The number of carbonyl (C=O) groups excluding carboxylic acids is 1. The first-order valence-electron chi connectivity index (χ1n) is 7.24. The van der Waals surface area contributed by atoms with Gasteiger partial charge in [0.2, 0.25) is 0 Å². The van der Waals surface area contributed by atoms with E-state index in [0.29, 0.717) is 17.1 Å². The maximum absolute atomic E-state index is 12.4. The van der Waals surface area contributed by atoms with Crippen LogP contribution in [0.2, 0.25) is 0 Å². The van der Waals surface area contributed by atoms with Crippen LogP contribution in [-0.2, 0) is 19.4 Å². The fourth-order valence-electron chi connectivity index (χ4n) is 2.94. The van der Waals surface area contributed by atoms with Crippen molar-refractivity contribution < 1.29 is 4.79 Å². The largest absolute Gasteiger partial charge is 0.292 e. The van der Waals surface area contributed by atoms with Crippen molar-refractivity contribution >= 4 is 5.78 Å². The molecule has 108 valence electrons. The van der Waals surface area contributed by atoms with E-state index in [4.69, 9.17) is 0 Å². The molecule has 0 radical (unpaired) electrons. The van der Waals surface area contributed by atoms with Gasteiger partial charge in [-0.3, -0.25) is 14.2 Å². The van der Waals surface area contributed by atoms with Crippen molar-refractivity contribution in [1.29, 1.82) is 0 Å². The summed E-state index contributed by atoms with van der Waals surface area (Å²) < 4.78 is 1.43. The van der Waals surface area contributed by atoms with Gasteiger partial charge in [0.15, 0.2) is 5.78 Å². The van der Waals surface area contributed by atoms with E-state index in [2.05, 4.69) is 4.98 Å². The van der Waals surface area contributed by atoms with Gasteiger partial charge < -0.3 is 0 Å². The maximum Gasteiger partial charge on any atom is 0.254 e. The molecular formula is C17H18N2O2. The highest BCUT2D eigenvalue weighted by atomic mass is 16.1. The molecule has 4 nitrogen and oxygen atoms in total. The topological polar surface area (TPSA) is 52.0 Å². The minimum atomic E-state index is -0.172. The number of fused-ring (bicyclic) bond motifs is 1. The van der Waals surface area contributed by atoms with Crippen molar-refractivity contribution in [3.8, 4) is 0 Å². The normalized spacial score (nSPS) is 13.2. The van der Waals surface area contributed by atoms with Gasteiger partial charge in [-0.2, -0.15) is 0 Å². The smallest absolute Gasteiger partial charge is 0.254 e. The summed E-state index contributed by atoms with van der Waals surface area (Å²) in [5, 5.41) is 0. The third kappa shape index (κ3) is 2.66. The van der Waals surface area contributed by atoms with Crippen LogP contribution >= 0.6 is 0 Å². The molecule has 3 rings (SSSR count). The van der Waals surface area contributed by atoms with Gasteiger partial charge in [0.1, 0.15) is 5.82 Å². The summed E-state index contributed by atoms with van der Waals surface area (Å²) in [6.45, 7) is 3.59. The third-order valence-corrected chi connectivity index (χ3v) is 4.05. The molecule has 0 saturated heterocycles. The molecule has 0 aliphatic heterocycles. The zero-order valence-electron chi connectivity index (χ0n) is 12.3. The molecule has 1 aliphatic rings. The van der Waals surface area contributed by atoms with E-state index in [-0.39, 0.29) is 17.9 Å². The lowest BCUT2D eigenvalue weighted by Crippen LogP contribution is -2.27. The Morgan fingerprint density at radius 3 is 2.71 bits per heavy atom. The summed E-state index contributed by atoms with van der Waals surface area (Å²) in [6, 6.07) is 7.35. The molecule has 0 amide bonds. The molecule has 2 aromatic rings. The van der Waals surface area contributed by atoms with Crippen LogP contribution in [-0.4, -0.2) is 15.3 Å². The lowest BCUT2D eigenvalue weighted by Gasteiger charge is -2.09. The van der Waals surface area contributed by atoms with E-state index in [9.17, 15) is 9.59 Å². The average molecular weight is 282 g/mol. The molecule has 1 aromatic carbocycles. The predicted molar refractivity (Wildman–Crippen MR) is 80.8 cm³/mol. The highest BCUT2D eigenvalue weighted by Crippen LogP contribution is 2.23. The zero-order valence-corrected chi connectivity index (χ0v) is 12.3. The third-order valence-electron chi connectivity index (χ3n) is 4.05. The Labute approximate surface area is 123 Å². The lowest BCUT2D eigenvalue weighted by molar-refractivity contribution is 0.0969. The van der Waals surface area contributed by atoms with Gasteiger partial charge in [-0.05, 0) is 50.3 Å². The number of hydrogen-bond acceptors (Lipinski definition) is 3. The van der Waals surface area contributed by atoms with Crippen LogP contribution in [0.4, 0.5) is 0 Å². The van der Waals surface area contributed by atoms with Crippen molar-refractivity contribution in [1.82, 2.24) is 9.55 Å². The average Bonchev–Trinajstić information content (AvgIpc) is 2.89. The van der Waals surface area contributed by atoms with Crippen LogP contribution in [0, 0.1) is 13.8 Å². The molecule has 1 aromatic heterocycles. The Balaban J connectivity index is 1.89. The first kappa shape index (κ1) is 13.7. The molecule has 0 N–H and O–H groups in total. The van der Waals surface area contributed by atoms with Crippen molar-refractivity contribution in [3.05, 3.63) is 62.8 Å². The SMILES string of the molecule is Cc1cc(=O)n(CC(=O)c2ccc3c(c2)CCC3)c(C)n1. The molecule has 0 fully saturated rings. The number of aryl methyl sites for hydroxylation is 4. The minimum absolute atomic E-state index is 0.0412. The molecule has 0 saturated carbocycles. The summed E-state index contributed by atoms with van der Waals surface area (Å²) in [4.78, 5) is 28.7. The van der Waals surface area contributed by atoms with Crippen LogP contribution < -0.4 is 5.56 Å². The maximum atomic E-state index is 12.4. The first-order chi connectivity index (χ1) is 10.0. The Bertz CT molecular complexity index is 775. The molecule has 1 aliphatic carbocycles. The first-order valence-corrected chi connectivity index (χ1v) is 7.24. The Kier molecular flexibility index (Phi) is 3.45. The number of ketones is 1. The van der Waals surface area contributed by atoms with E-state index >= 15 is 0 Å². The van der Waals surface area contributed by atoms with E-state index in [1.165, 1.54) is 21.8 Å². The second kappa shape index (κ2) is 5.28. The van der Waals surface area contributed by atoms with Crippen molar-refractivity contribution in [2.45, 2.75) is 39.7 Å². The number of hydrogen-bond donors (Lipinski definition) is 0. The lowest BCUT2D eigenvalue weighted by atomic mass is 10.0. The van der Waals surface area contributed by atoms with Crippen LogP contribution in [0.3, 0.4) is 0 Å². The summed E-state index contributed by atoms with van der Waals surface area (Å²) in [7, 11) is 0. The molecule has 21 heavy (non-hydrogen) atoms. The minimum Gasteiger partial charge on any atom is -0.292 e. The van der Waals surface area contributed by atoms with Crippen LogP contribution in [0.1, 0.15) is 39.4 Å². The van der Waals surface area contributed by atoms with Gasteiger partial charge >= 0.3 is 0 Å². The Morgan fingerprint density at radius 1 is 1.19 bits per heavy atom. The number of benzene rings is 1. The van der Waals surface area contributed by atoms with E-state index < -0.39 is 0 Å². The monoisotopic (exact) mass is 282 g/mol. The zero-order chi connectivity index (χ0) is 15.0. The highest BCUT2D eigenvalue weighted by molar-refractivity contribution is 5.96. The van der Waals surface area contributed by atoms with Crippen LogP contribution in [0.5, 0.6) is 0 Å². The number of aromatic nitrogens is 2. The van der Waals surface area contributed by atoms with E-state index in [0.717, 1.165) is 19.3 Å². The van der Waals surface area contributed by atoms with Gasteiger partial charge in [0, 0.05) is 17.3 Å². The molecule has 0 atom stereocenters. The van der Waals surface area contributed by atoms with Gasteiger partial charge in [-0.15, -0.1) is 0 Å². The molecular weight excluding hydrogens is 264 g/mol. The van der Waals surface area contributed by atoms with E-state index in [1.807, 2.05) is 18.2 Å². The van der Waals surface area contributed by atoms with Crippen molar-refractivity contribution in [2.75, 3.05) is 0 Å². The second-order valence-corrected chi connectivity index (χ2v) is 5.63. The van der Waals surface area contributed by atoms with Gasteiger partial charge in [-0.25, -0.2) is 4.98 Å². The number of nitrogens with zero attached hydrogens (tertiary/aromatic N) is 2.